The van der Waals surface area contributed by atoms with Crippen LogP contribution in [0.4, 0.5) is 0 Å². The number of likely N-dealkylation sites (N-methyl/N-ethyl adjacent to an activating group) is 1. The molecule has 0 radical (unpaired) electrons. The minimum Gasteiger partial charge on any atom is -0.496 e. The molecule has 1 N–H and O–H groups in total. The van der Waals surface area contributed by atoms with E-state index in [1.165, 1.54) is 27.5 Å². The van der Waals surface area contributed by atoms with Crippen molar-refractivity contribution in [3.05, 3.63) is 70.8 Å². The molecular weight excluding hydrogens is 334 g/mol. The number of hydrogen-bond donors (Lipinski definition) is 1. The van der Waals surface area contributed by atoms with Gasteiger partial charge < -0.3 is 10.1 Å². The molecule has 0 heterocycles. The van der Waals surface area contributed by atoms with Crippen molar-refractivity contribution in [3.63, 3.8) is 0 Å². The Morgan fingerprint density at radius 2 is 1.89 bits per heavy atom. The number of rotatable bonds is 6. The number of aryl methyl sites for hydroxylation is 2. The van der Waals surface area contributed by atoms with Crippen LogP contribution in [-0.2, 0) is 4.79 Å². The third kappa shape index (κ3) is 5.10. The van der Waals surface area contributed by atoms with Gasteiger partial charge in [-0.15, -0.1) is 0 Å². The van der Waals surface area contributed by atoms with Gasteiger partial charge in [-0.1, -0.05) is 30.4 Å². The van der Waals surface area contributed by atoms with Crippen LogP contribution in [0, 0.1) is 13.8 Å². The third-order valence-electron chi connectivity index (χ3n) is 4.66. The van der Waals surface area contributed by atoms with Crippen molar-refractivity contribution < 1.29 is 9.53 Å². The summed E-state index contributed by atoms with van der Waals surface area (Å²) in [5, 5.41) is 5.23. The van der Waals surface area contributed by atoms with Crippen molar-refractivity contribution in [2.24, 2.45) is 0 Å². The van der Waals surface area contributed by atoms with Crippen molar-refractivity contribution in [1.29, 1.82) is 0 Å². The highest BCUT2D eigenvalue weighted by Gasteiger charge is 2.08. The second-order valence-electron chi connectivity index (χ2n) is 6.77. The summed E-state index contributed by atoms with van der Waals surface area (Å²) in [5.41, 5.74) is 5.65. The molecule has 27 heavy (non-hydrogen) atoms. The Morgan fingerprint density at radius 1 is 1.15 bits per heavy atom. The molecule has 0 atom stereocenters. The summed E-state index contributed by atoms with van der Waals surface area (Å²) in [6.07, 6.45) is 7.61. The van der Waals surface area contributed by atoms with Crippen molar-refractivity contribution in [2.75, 3.05) is 13.7 Å². The monoisotopic (exact) mass is 363 g/mol. The highest BCUT2D eigenvalue weighted by atomic mass is 16.5. The summed E-state index contributed by atoms with van der Waals surface area (Å²) in [7, 11) is 1.71. The molecule has 0 spiro atoms. The number of benzene rings is 2. The number of allylic oxidation sites excluding steroid dienone is 5. The number of methoxy groups -OCH3 is 1. The van der Waals surface area contributed by atoms with Crippen molar-refractivity contribution in [3.8, 4) is 5.75 Å². The Labute approximate surface area is 162 Å². The Hall–Kier alpha value is -2.81. The first kappa shape index (κ1) is 20.5. The minimum absolute atomic E-state index is 0.0591. The first-order valence-corrected chi connectivity index (χ1v) is 9.26. The maximum Gasteiger partial charge on any atom is 0.244 e. The van der Waals surface area contributed by atoms with E-state index >= 15 is 0 Å². The van der Waals surface area contributed by atoms with Crippen LogP contribution in [0.3, 0.4) is 0 Å². The van der Waals surface area contributed by atoms with Crippen LogP contribution in [0.1, 0.15) is 37.5 Å². The van der Waals surface area contributed by atoms with Gasteiger partial charge in [-0.25, -0.2) is 0 Å². The zero-order valence-electron chi connectivity index (χ0n) is 17.1. The average Bonchev–Trinajstić information content (AvgIpc) is 2.64. The SMILES string of the molecule is CCNC(=O)/C=C(C)/C=C/C=C(\C)c1ccc2c(C)c(OC)cc(C)c2c1. The number of amides is 1. The molecule has 0 aliphatic carbocycles. The molecule has 0 saturated carbocycles. The lowest BCUT2D eigenvalue weighted by molar-refractivity contribution is -0.116. The zero-order chi connectivity index (χ0) is 20.0. The number of nitrogens with one attached hydrogen (secondary N) is 1. The first-order chi connectivity index (χ1) is 12.9. The lowest BCUT2D eigenvalue weighted by atomic mass is 9.96. The van der Waals surface area contributed by atoms with Crippen molar-refractivity contribution >= 4 is 22.3 Å². The topological polar surface area (TPSA) is 38.3 Å². The van der Waals surface area contributed by atoms with Gasteiger partial charge >= 0.3 is 0 Å². The second kappa shape index (κ2) is 9.22. The number of ether oxygens (including phenoxy) is 1. The molecule has 2 aromatic rings. The first-order valence-electron chi connectivity index (χ1n) is 9.26. The van der Waals surface area contributed by atoms with Gasteiger partial charge in [-0.3, -0.25) is 4.79 Å². The standard InChI is InChI=1S/C24H29NO2/c1-7-25-24(26)13-16(2)9-8-10-17(3)20-11-12-21-19(5)23(27-6)14-18(4)22(21)15-20/h8-15H,7H2,1-6H3,(H,25,26)/b9-8+,16-13+,17-10+. The average molecular weight is 364 g/mol. The van der Waals surface area contributed by atoms with Crippen LogP contribution in [0.2, 0.25) is 0 Å². The molecule has 3 heteroatoms. The van der Waals surface area contributed by atoms with E-state index in [4.69, 9.17) is 4.74 Å². The van der Waals surface area contributed by atoms with E-state index < -0.39 is 0 Å². The Kier molecular flexibility index (Phi) is 7.00. The number of fused-ring (bicyclic) bond motifs is 1. The maximum absolute atomic E-state index is 11.6. The Balaban J connectivity index is 2.28. The van der Waals surface area contributed by atoms with Gasteiger partial charge in [0.1, 0.15) is 5.75 Å². The molecule has 3 nitrogen and oxygen atoms in total. The van der Waals surface area contributed by atoms with Crippen LogP contribution in [0.5, 0.6) is 5.75 Å². The summed E-state index contributed by atoms with van der Waals surface area (Å²) < 4.78 is 5.48. The molecule has 1 amide bonds. The molecule has 142 valence electrons. The van der Waals surface area contributed by atoms with E-state index in [1.807, 2.05) is 26.0 Å². The lowest BCUT2D eigenvalue weighted by Gasteiger charge is -2.12. The summed E-state index contributed by atoms with van der Waals surface area (Å²) >= 11 is 0. The summed E-state index contributed by atoms with van der Waals surface area (Å²) in [5.74, 6) is 0.869. The minimum atomic E-state index is -0.0591. The summed E-state index contributed by atoms with van der Waals surface area (Å²) in [4.78, 5) is 11.6. The van der Waals surface area contributed by atoms with E-state index in [0.29, 0.717) is 6.54 Å². The molecule has 0 fully saturated rings. The van der Waals surface area contributed by atoms with Gasteiger partial charge in [0.2, 0.25) is 5.91 Å². The van der Waals surface area contributed by atoms with Crippen LogP contribution >= 0.6 is 0 Å². The fraction of sp³-hybridized carbons (Fsp3) is 0.292. The quantitative estimate of drug-likeness (QED) is 0.543. The fourth-order valence-corrected chi connectivity index (χ4v) is 3.09. The predicted octanol–water partition coefficient (Wildman–Crippen LogP) is 5.51. The molecule has 2 aromatic carbocycles. The van der Waals surface area contributed by atoms with E-state index in [9.17, 15) is 4.79 Å². The smallest absolute Gasteiger partial charge is 0.244 e. The second-order valence-corrected chi connectivity index (χ2v) is 6.77. The van der Waals surface area contributed by atoms with Gasteiger partial charge in [0.25, 0.3) is 0 Å². The van der Waals surface area contributed by atoms with Gasteiger partial charge in [0, 0.05) is 12.6 Å². The maximum atomic E-state index is 11.6. The van der Waals surface area contributed by atoms with E-state index in [1.54, 1.807) is 13.2 Å². The van der Waals surface area contributed by atoms with Gasteiger partial charge in [-0.2, -0.15) is 0 Å². The zero-order valence-corrected chi connectivity index (χ0v) is 17.1. The highest BCUT2D eigenvalue weighted by molar-refractivity contribution is 5.93. The molecular formula is C24H29NO2. The van der Waals surface area contributed by atoms with Gasteiger partial charge in [-0.05, 0) is 85.4 Å². The number of carbonyl (C=O) groups excluding carboxylic acids is 1. The Morgan fingerprint density at radius 3 is 2.56 bits per heavy atom. The third-order valence-corrected chi connectivity index (χ3v) is 4.66. The van der Waals surface area contributed by atoms with Crippen LogP contribution in [-0.4, -0.2) is 19.6 Å². The number of hydrogen-bond acceptors (Lipinski definition) is 2. The van der Waals surface area contributed by atoms with Crippen LogP contribution in [0.15, 0.2) is 54.1 Å². The van der Waals surface area contributed by atoms with Crippen LogP contribution < -0.4 is 10.1 Å². The van der Waals surface area contributed by atoms with Gasteiger partial charge in [0.05, 0.1) is 7.11 Å². The summed E-state index contributed by atoms with van der Waals surface area (Å²) in [6.45, 7) is 10.8. The van der Waals surface area contributed by atoms with E-state index in [2.05, 4.69) is 56.4 Å². The molecule has 0 unspecified atom stereocenters. The number of carbonyl (C=O) groups is 1. The normalized spacial score (nSPS) is 12.7. The van der Waals surface area contributed by atoms with Crippen molar-refractivity contribution in [2.45, 2.75) is 34.6 Å². The van der Waals surface area contributed by atoms with Crippen LogP contribution in [0.25, 0.3) is 16.3 Å². The largest absolute Gasteiger partial charge is 0.496 e. The fourth-order valence-electron chi connectivity index (χ4n) is 3.09. The molecule has 2 rings (SSSR count). The molecule has 0 saturated heterocycles. The van der Waals surface area contributed by atoms with E-state index in [0.717, 1.165) is 16.9 Å². The molecule has 0 aromatic heterocycles. The molecule has 0 bridgehead atoms. The molecule has 0 aliphatic heterocycles. The van der Waals surface area contributed by atoms with Gasteiger partial charge in [0.15, 0.2) is 0 Å². The molecule has 0 aliphatic rings. The highest BCUT2D eigenvalue weighted by Crippen LogP contribution is 2.32. The Bertz CT molecular complexity index is 933. The van der Waals surface area contributed by atoms with E-state index in [-0.39, 0.29) is 5.91 Å². The lowest BCUT2D eigenvalue weighted by Crippen LogP contribution is -2.20. The summed E-state index contributed by atoms with van der Waals surface area (Å²) in [6, 6.07) is 8.63. The predicted molar refractivity (Wildman–Crippen MR) is 115 cm³/mol. The van der Waals surface area contributed by atoms with Crippen molar-refractivity contribution in [1.82, 2.24) is 5.32 Å².